The molecular formula is C19H24ClFN2O2. The lowest BCUT2D eigenvalue weighted by molar-refractivity contribution is -0.140. The SMILES string of the molecule is O=C(NC1CCCCC1)[C@@H](c1ccc(F)cc1)N(C(=O)CCl)C1CC1. The van der Waals surface area contributed by atoms with Crippen molar-refractivity contribution in [1.82, 2.24) is 10.2 Å². The summed E-state index contributed by atoms with van der Waals surface area (Å²) < 4.78 is 13.3. The molecule has 0 aromatic heterocycles. The Kier molecular flexibility index (Phi) is 5.94. The summed E-state index contributed by atoms with van der Waals surface area (Å²) in [6.45, 7) is 0. The van der Waals surface area contributed by atoms with Gasteiger partial charge in [-0.3, -0.25) is 9.59 Å². The molecule has 0 bridgehead atoms. The summed E-state index contributed by atoms with van der Waals surface area (Å²) in [7, 11) is 0. The third-order valence-corrected chi connectivity index (χ3v) is 5.24. The Morgan fingerprint density at radius 1 is 1.12 bits per heavy atom. The van der Waals surface area contributed by atoms with E-state index < -0.39 is 6.04 Å². The molecule has 3 rings (SSSR count). The van der Waals surface area contributed by atoms with Gasteiger partial charge in [0.25, 0.3) is 0 Å². The fourth-order valence-corrected chi connectivity index (χ4v) is 3.73. The van der Waals surface area contributed by atoms with Crippen LogP contribution in [0.2, 0.25) is 0 Å². The number of hydrogen-bond donors (Lipinski definition) is 1. The Hall–Kier alpha value is -1.62. The Balaban J connectivity index is 1.85. The first-order valence-corrected chi connectivity index (χ1v) is 9.56. The van der Waals surface area contributed by atoms with E-state index >= 15 is 0 Å². The van der Waals surface area contributed by atoms with E-state index in [-0.39, 0.29) is 35.6 Å². The number of hydrogen-bond acceptors (Lipinski definition) is 2. The lowest BCUT2D eigenvalue weighted by atomic mass is 9.94. The summed E-state index contributed by atoms with van der Waals surface area (Å²) in [6, 6.07) is 5.25. The maximum atomic E-state index is 13.3. The van der Waals surface area contributed by atoms with Crippen LogP contribution in [-0.2, 0) is 9.59 Å². The molecule has 6 heteroatoms. The highest BCUT2D eigenvalue weighted by molar-refractivity contribution is 6.27. The minimum Gasteiger partial charge on any atom is -0.351 e. The van der Waals surface area contributed by atoms with Crippen molar-refractivity contribution >= 4 is 23.4 Å². The minimum absolute atomic E-state index is 0.0402. The van der Waals surface area contributed by atoms with E-state index in [0.29, 0.717) is 5.56 Å². The quantitative estimate of drug-likeness (QED) is 0.783. The third kappa shape index (κ3) is 4.51. The molecule has 1 N–H and O–H groups in total. The van der Waals surface area contributed by atoms with Crippen LogP contribution in [-0.4, -0.2) is 34.7 Å². The molecule has 1 aromatic carbocycles. The second kappa shape index (κ2) is 8.17. The van der Waals surface area contributed by atoms with Crippen LogP contribution in [0.3, 0.4) is 0 Å². The number of carbonyl (C=O) groups is 2. The molecule has 2 saturated carbocycles. The first kappa shape index (κ1) is 18.2. The Labute approximate surface area is 152 Å². The van der Waals surface area contributed by atoms with Gasteiger partial charge >= 0.3 is 0 Å². The summed E-state index contributed by atoms with van der Waals surface area (Å²) in [4.78, 5) is 27.1. The van der Waals surface area contributed by atoms with Crippen LogP contribution >= 0.6 is 11.6 Å². The molecule has 2 amide bonds. The predicted molar refractivity (Wildman–Crippen MR) is 94.7 cm³/mol. The molecule has 0 heterocycles. The van der Waals surface area contributed by atoms with Crippen LogP contribution in [0.15, 0.2) is 24.3 Å². The van der Waals surface area contributed by atoms with Gasteiger partial charge in [-0.25, -0.2) is 4.39 Å². The Bertz CT molecular complexity index is 612. The van der Waals surface area contributed by atoms with Crippen molar-refractivity contribution in [3.05, 3.63) is 35.6 Å². The van der Waals surface area contributed by atoms with Crippen molar-refractivity contribution in [3.63, 3.8) is 0 Å². The zero-order valence-corrected chi connectivity index (χ0v) is 15.0. The molecule has 1 atom stereocenters. The highest BCUT2D eigenvalue weighted by Gasteiger charge is 2.41. The Morgan fingerprint density at radius 3 is 2.32 bits per heavy atom. The van der Waals surface area contributed by atoms with Gasteiger partial charge in [0.2, 0.25) is 11.8 Å². The first-order chi connectivity index (χ1) is 12.1. The van der Waals surface area contributed by atoms with E-state index in [1.807, 2.05) is 0 Å². The summed E-state index contributed by atoms with van der Waals surface area (Å²) in [5, 5.41) is 3.10. The average molecular weight is 367 g/mol. The van der Waals surface area contributed by atoms with Gasteiger partial charge in [0.15, 0.2) is 0 Å². The van der Waals surface area contributed by atoms with Crippen molar-refractivity contribution in [3.8, 4) is 0 Å². The maximum absolute atomic E-state index is 13.3. The normalized spacial score (nSPS) is 19.3. The second-order valence-electron chi connectivity index (χ2n) is 6.96. The lowest BCUT2D eigenvalue weighted by Crippen LogP contribution is -2.48. The standard InChI is InChI=1S/C19H24ClFN2O2/c20-12-17(24)23(16-10-11-16)18(13-6-8-14(21)9-7-13)19(25)22-15-4-2-1-3-5-15/h6-9,15-16,18H,1-5,10-12H2,(H,22,25)/t18-/m1/s1. The molecule has 2 fully saturated rings. The largest absolute Gasteiger partial charge is 0.351 e. The van der Waals surface area contributed by atoms with E-state index in [9.17, 15) is 14.0 Å². The number of rotatable bonds is 6. The number of amides is 2. The van der Waals surface area contributed by atoms with E-state index in [1.165, 1.54) is 18.6 Å². The van der Waals surface area contributed by atoms with Crippen molar-refractivity contribution in [1.29, 1.82) is 0 Å². The highest BCUT2D eigenvalue weighted by Crippen LogP contribution is 2.35. The molecule has 0 unspecified atom stereocenters. The van der Waals surface area contributed by atoms with Crippen LogP contribution in [0.1, 0.15) is 56.6 Å². The summed E-state index contributed by atoms with van der Waals surface area (Å²) >= 11 is 5.79. The molecule has 0 radical (unpaired) electrons. The van der Waals surface area contributed by atoms with Gasteiger partial charge in [-0.1, -0.05) is 31.4 Å². The molecule has 0 spiro atoms. The van der Waals surface area contributed by atoms with Gasteiger partial charge in [-0.2, -0.15) is 0 Å². The monoisotopic (exact) mass is 366 g/mol. The van der Waals surface area contributed by atoms with E-state index in [0.717, 1.165) is 38.5 Å². The second-order valence-corrected chi connectivity index (χ2v) is 7.23. The summed E-state index contributed by atoms with van der Waals surface area (Å²) in [6.07, 6.45) is 7.10. The molecular weight excluding hydrogens is 343 g/mol. The van der Waals surface area contributed by atoms with E-state index in [2.05, 4.69) is 5.32 Å². The molecule has 0 saturated heterocycles. The molecule has 2 aliphatic carbocycles. The third-order valence-electron chi connectivity index (χ3n) is 5.01. The smallest absolute Gasteiger partial charge is 0.247 e. The zero-order chi connectivity index (χ0) is 17.8. The molecule has 136 valence electrons. The number of carbonyl (C=O) groups excluding carboxylic acids is 2. The van der Waals surface area contributed by atoms with Crippen molar-refractivity contribution in [2.75, 3.05) is 5.88 Å². The van der Waals surface area contributed by atoms with Gasteiger partial charge in [0.05, 0.1) is 0 Å². The number of nitrogens with one attached hydrogen (secondary N) is 1. The van der Waals surface area contributed by atoms with Crippen molar-refractivity contribution in [2.24, 2.45) is 0 Å². The van der Waals surface area contributed by atoms with Crippen LogP contribution in [0.5, 0.6) is 0 Å². The predicted octanol–water partition coefficient (Wildman–Crippen LogP) is 3.55. The number of alkyl halides is 1. The average Bonchev–Trinajstić information content (AvgIpc) is 3.45. The van der Waals surface area contributed by atoms with Gasteiger partial charge in [-0.05, 0) is 43.4 Å². The summed E-state index contributed by atoms with van der Waals surface area (Å²) in [5.74, 6) is -0.969. The summed E-state index contributed by atoms with van der Waals surface area (Å²) in [5.41, 5.74) is 0.625. The topological polar surface area (TPSA) is 49.4 Å². The van der Waals surface area contributed by atoms with Crippen LogP contribution < -0.4 is 5.32 Å². The molecule has 25 heavy (non-hydrogen) atoms. The number of nitrogens with zero attached hydrogens (tertiary/aromatic N) is 1. The van der Waals surface area contributed by atoms with E-state index in [4.69, 9.17) is 11.6 Å². The van der Waals surface area contributed by atoms with Gasteiger partial charge in [0, 0.05) is 12.1 Å². The number of benzene rings is 1. The van der Waals surface area contributed by atoms with Crippen molar-refractivity contribution < 1.29 is 14.0 Å². The highest BCUT2D eigenvalue weighted by atomic mass is 35.5. The van der Waals surface area contributed by atoms with Gasteiger partial charge in [0.1, 0.15) is 17.7 Å². The van der Waals surface area contributed by atoms with Crippen LogP contribution in [0.4, 0.5) is 4.39 Å². The fraction of sp³-hybridized carbons (Fsp3) is 0.579. The van der Waals surface area contributed by atoms with Gasteiger partial charge in [-0.15, -0.1) is 11.6 Å². The maximum Gasteiger partial charge on any atom is 0.247 e. The van der Waals surface area contributed by atoms with E-state index in [1.54, 1.807) is 17.0 Å². The van der Waals surface area contributed by atoms with Crippen LogP contribution in [0.25, 0.3) is 0 Å². The number of halogens is 2. The molecule has 2 aliphatic rings. The molecule has 0 aliphatic heterocycles. The van der Waals surface area contributed by atoms with Gasteiger partial charge < -0.3 is 10.2 Å². The Morgan fingerprint density at radius 2 is 1.76 bits per heavy atom. The van der Waals surface area contributed by atoms with Crippen LogP contribution in [0, 0.1) is 5.82 Å². The molecule has 1 aromatic rings. The fourth-order valence-electron chi connectivity index (χ4n) is 3.59. The zero-order valence-electron chi connectivity index (χ0n) is 14.2. The first-order valence-electron chi connectivity index (χ1n) is 9.03. The molecule has 4 nitrogen and oxygen atoms in total. The van der Waals surface area contributed by atoms with Crippen molar-refractivity contribution in [2.45, 2.75) is 63.1 Å². The lowest BCUT2D eigenvalue weighted by Gasteiger charge is -2.33. The minimum atomic E-state index is -0.749.